The number of fused-ring (bicyclic) bond motifs is 1. The molecule has 3 heterocycles. The summed E-state index contributed by atoms with van der Waals surface area (Å²) in [5, 5.41) is 3.84. The second-order valence-electron chi connectivity index (χ2n) is 3.62. The Hall–Kier alpha value is -2.02. The molecule has 6 nitrogen and oxygen atoms in total. The maximum Gasteiger partial charge on any atom is 0.223 e. The first-order chi connectivity index (χ1) is 8.24. The van der Waals surface area contributed by atoms with Gasteiger partial charge < -0.3 is 9.51 Å². The van der Waals surface area contributed by atoms with E-state index >= 15 is 0 Å². The molecular weight excluding hydrogens is 238 g/mol. The minimum absolute atomic E-state index is 0.452. The van der Waals surface area contributed by atoms with Gasteiger partial charge in [0.05, 0.1) is 12.1 Å². The van der Waals surface area contributed by atoms with Crippen molar-refractivity contribution in [1.82, 2.24) is 24.7 Å². The monoisotopic (exact) mass is 247 g/mol. The molecule has 3 aromatic rings. The topological polar surface area (TPSA) is 72.5 Å². The number of imidazole rings is 1. The summed E-state index contributed by atoms with van der Waals surface area (Å²) in [5.41, 5.74) is 1.69. The van der Waals surface area contributed by atoms with Crippen molar-refractivity contribution in [1.29, 1.82) is 0 Å². The third-order valence-electron chi connectivity index (χ3n) is 2.40. The van der Waals surface area contributed by atoms with Crippen molar-refractivity contribution in [2.24, 2.45) is 0 Å². The zero-order chi connectivity index (χ0) is 11.8. The number of nitrogens with one attached hydrogen (secondary N) is 1. The number of hydrogen-bond donors (Lipinski definition) is 1. The van der Waals surface area contributed by atoms with E-state index in [-0.39, 0.29) is 0 Å². The molecule has 0 aliphatic carbocycles. The predicted molar refractivity (Wildman–Crippen MR) is 63.1 cm³/mol. The molecule has 1 N–H and O–H groups in total. The number of pyridine rings is 1. The van der Waals surface area contributed by atoms with Crippen LogP contribution < -0.4 is 0 Å². The van der Waals surface area contributed by atoms with Crippen LogP contribution in [-0.4, -0.2) is 24.7 Å². The molecule has 0 atom stereocenters. The number of rotatable bonds is 2. The fourth-order valence-corrected chi connectivity index (χ4v) is 1.94. The van der Waals surface area contributed by atoms with Gasteiger partial charge >= 0.3 is 0 Å². The number of hydrogen-bond acceptors (Lipinski definition) is 5. The molecule has 17 heavy (non-hydrogen) atoms. The lowest BCUT2D eigenvalue weighted by molar-refractivity contribution is 0.386. The average Bonchev–Trinajstić information content (AvgIpc) is 2.85. The van der Waals surface area contributed by atoms with Gasteiger partial charge in [0, 0.05) is 13.1 Å². The van der Waals surface area contributed by atoms with E-state index in [2.05, 4.69) is 20.1 Å². The molecule has 0 radical (unpaired) electrons. The Bertz CT molecular complexity index is 725. The largest absolute Gasteiger partial charge is 0.340 e. The Balaban J connectivity index is 2.11. The normalized spacial score (nSPS) is 11.1. The highest BCUT2D eigenvalue weighted by Gasteiger charge is 2.09. The van der Waals surface area contributed by atoms with Gasteiger partial charge in [-0.25, -0.2) is 4.98 Å². The van der Waals surface area contributed by atoms with Gasteiger partial charge in [-0.15, -0.1) is 0 Å². The standard InChI is InChI=1S/C10H9N5OS/c1-6-12-8(14-16-6)5-15-9-7(13-10(15)17)3-2-4-11-9/h2-4H,5H2,1H3,(H,13,17). The lowest BCUT2D eigenvalue weighted by atomic mass is 10.4. The third-order valence-corrected chi connectivity index (χ3v) is 2.72. The Labute approximate surface area is 101 Å². The van der Waals surface area contributed by atoms with E-state index in [4.69, 9.17) is 16.7 Å². The molecule has 0 aliphatic heterocycles. The van der Waals surface area contributed by atoms with Crippen molar-refractivity contribution < 1.29 is 4.52 Å². The van der Waals surface area contributed by atoms with Crippen LogP contribution in [0.15, 0.2) is 22.9 Å². The summed E-state index contributed by atoms with van der Waals surface area (Å²) in [6.07, 6.45) is 1.73. The van der Waals surface area contributed by atoms with Crippen LogP contribution in [0.2, 0.25) is 0 Å². The summed E-state index contributed by atoms with van der Waals surface area (Å²) in [4.78, 5) is 11.5. The first-order valence-corrected chi connectivity index (χ1v) is 5.47. The minimum atomic E-state index is 0.452. The maximum atomic E-state index is 5.24. The Kier molecular flexibility index (Phi) is 2.25. The highest BCUT2D eigenvalue weighted by atomic mass is 32.1. The van der Waals surface area contributed by atoms with Gasteiger partial charge in [-0.1, -0.05) is 5.16 Å². The van der Waals surface area contributed by atoms with E-state index in [1.165, 1.54) is 0 Å². The van der Waals surface area contributed by atoms with Crippen LogP contribution in [0.1, 0.15) is 11.7 Å². The lowest BCUT2D eigenvalue weighted by Crippen LogP contribution is -2.02. The molecule has 3 rings (SSSR count). The zero-order valence-electron chi connectivity index (χ0n) is 9.04. The van der Waals surface area contributed by atoms with Gasteiger partial charge in [-0.3, -0.25) is 4.57 Å². The van der Waals surface area contributed by atoms with Gasteiger partial charge in [0.1, 0.15) is 0 Å². The molecule has 0 spiro atoms. The quantitative estimate of drug-likeness (QED) is 0.699. The predicted octanol–water partition coefficient (Wildman–Crippen LogP) is 1.83. The van der Waals surface area contributed by atoms with E-state index in [9.17, 15) is 0 Å². The molecule has 3 aromatic heterocycles. The first kappa shape index (κ1) is 10.2. The van der Waals surface area contributed by atoms with E-state index in [1.54, 1.807) is 13.1 Å². The number of aromatic amines is 1. The van der Waals surface area contributed by atoms with Gasteiger partial charge in [-0.2, -0.15) is 4.98 Å². The van der Waals surface area contributed by atoms with Crippen molar-refractivity contribution in [2.45, 2.75) is 13.5 Å². The molecule has 7 heteroatoms. The molecule has 0 amide bonds. The molecule has 0 fully saturated rings. The highest BCUT2D eigenvalue weighted by molar-refractivity contribution is 7.71. The Morgan fingerprint density at radius 2 is 2.41 bits per heavy atom. The van der Waals surface area contributed by atoms with Crippen LogP contribution >= 0.6 is 12.2 Å². The summed E-state index contributed by atoms with van der Waals surface area (Å²) in [6.45, 7) is 2.20. The van der Waals surface area contributed by atoms with Crippen LogP contribution in [0.5, 0.6) is 0 Å². The van der Waals surface area contributed by atoms with Crippen molar-refractivity contribution in [3.05, 3.63) is 34.8 Å². The summed E-state index contributed by atoms with van der Waals surface area (Å²) < 4.78 is 7.37. The van der Waals surface area contributed by atoms with Crippen molar-refractivity contribution >= 4 is 23.4 Å². The molecule has 0 saturated carbocycles. The van der Waals surface area contributed by atoms with Crippen molar-refractivity contribution in [2.75, 3.05) is 0 Å². The van der Waals surface area contributed by atoms with Crippen LogP contribution in [0.3, 0.4) is 0 Å². The Morgan fingerprint density at radius 3 is 3.18 bits per heavy atom. The fourth-order valence-electron chi connectivity index (χ4n) is 1.68. The van der Waals surface area contributed by atoms with Crippen molar-refractivity contribution in [3.63, 3.8) is 0 Å². The van der Waals surface area contributed by atoms with E-state index in [0.717, 1.165) is 11.2 Å². The minimum Gasteiger partial charge on any atom is -0.340 e. The number of aryl methyl sites for hydroxylation is 1. The van der Waals surface area contributed by atoms with E-state index in [1.807, 2.05) is 16.7 Å². The smallest absolute Gasteiger partial charge is 0.223 e. The molecule has 0 aromatic carbocycles. The van der Waals surface area contributed by atoms with Gasteiger partial charge in [0.25, 0.3) is 0 Å². The molecule has 0 bridgehead atoms. The number of nitrogens with zero attached hydrogens (tertiary/aromatic N) is 4. The van der Waals surface area contributed by atoms with Crippen molar-refractivity contribution in [3.8, 4) is 0 Å². The SMILES string of the molecule is Cc1nc(Cn2c(=S)[nH]c3cccnc32)no1. The molecule has 0 saturated heterocycles. The number of H-pyrrole nitrogens is 1. The van der Waals surface area contributed by atoms with Gasteiger partial charge in [0.2, 0.25) is 5.89 Å². The summed E-state index contributed by atoms with van der Waals surface area (Å²) in [5.74, 6) is 1.13. The fraction of sp³-hybridized carbons (Fsp3) is 0.200. The van der Waals surface area contributed by atoms with Gasteiger partial charge in [0.15, 0.2) is 16.2 Å². The van der Waals surface area contributed by atoms with Crippen LogP contribution in [0.4, 0.5) is 0 Å². The summed E-state index contributed by atoms with van der Waals surface area (Å²) in [7, 11) is 0. The third kappa shape index (κ3) is 1.74. The molecular formula is C10H9N5OS. The molecule has 86 valence electrons. The number of aromatic nitrogens is 5. The molecule has 0 unspecified atom stereocenters. The van der Waals surface area contributed by atoms with E-state index < -0.39 is 0 Å². The lowest BCUT2D eigenvalue weighted by Gasteiger charge is -1.98. The highest BCUT2D eigenvalue weighted by Crippen LogP contribution is 2.11. The second-order valence-corrected chi connectivity index (χ2v) is 4.01. The first-order valence-electron chi connectivity index (χ1n) is 5.07. The average molecular weight is 247 g/mol. The Morgan fingerprint density at radius 1 is 1.53 bits per heavy atom. The maximum absolute atomic E-state index is 5.24. The second kappa shape index (κ2) is 3.77. The zero-order valence-corrected chi connectivity index (χ0v) is 9.86. The summed E-state index contributed by atoms with van der Waals surface area (Å²) in [6, 6.07) is 3.78. The van der Waals surface area contributed by atoms with E-state index in [0.29, 0.717) is 23.0 Å². The van der Waals surface area contributed by atoms with Crippen LogP contribution in [-0.2, 0) is 6.54 Å². The molecule has 0 aliphatic rings. The van der Waals surface area contributed by atoms with Gasteiger partial charge in [-0.05, 0) is 24.4 Å². The summed E-state index contributed by atoms with van der Waals surface area (Å²) >= 11 is 5.24. The van der Waals surface area contributed by atoms with Crippen LogP contribution in [0, 0.1) is 11.7 Å². The van der Waals surface area contributed by atoms with Crippen LogP contribution in [0.25, 0.3) is 11.2 Å².